The molecule has 0 unspecified atom stereocenters. The third-order valence-corrected chi connectivity index (χ3v) is 5.74. The minimum atomic E-state index is -1.11. The van der Waals surface area contributed by atoms with Crippen LogP contribution in [0.3, 0.4) is 0 Å². The summed E-state index contributed by atoms with van der Waals surface area (Å²) in [6.45, 7) is 3.79. The summed E-state index contributed by atoms with van der Waals surface area (Å²) in [4.78, 5) is 41.5. The third-order valence-electron chi connectivity index (χ3n) is 5.74. The molecule has 1 aromatic carbocycles. The van der Waals surface area contributed by atoms with Gasteiger partial charge in [-0.25, -0.2) is 4.79 Å². The molecule has 0 aliphatic carbocycles. The van der Waals surface area contributed by atoms with Crippen molar-refractivity contribution in [3.8, 4) is 0 Å². The van der Waals surface area contributed by atoms with Crippen molar-refractivity contribution in [3.05, 3.63) is 29.8 Å². The molecule has 0 bridgehead atoms. The lowest BCUT2D eigenvalue weighted by Gasteiger charge is -2.25. The number of carbonyl (C=O) groups excluding carboxylic acids is 3. The van der Waals surface area contributed by atoms with Crippen LogP contribution in [0.2, 0.25) is 0 Å². The van der Waals surface area contributed by atoms with E-state index in [2.05, 4.69) is 0 Å². The molecule has 0 aromatic heterocycles. The van der Waals surface area contributed by atoms with Crippen LogP contribution >= 0.6 is 0 Å². The quantitative estimate of drug-likeness (QED) is 0.600. The number of carbonyl (C=O) groups is 3. The maximum atomic E-state index is 12.9. The first-order valence-corrected chi connectivity index (χ1v) is 8.83. The Morgan fingerprint density at radius 1 is 1.23 bits per heavy atom. The number of imide groups is 1. The van der Waals surface area contributed by atoms with Crippen LogP contribution in [-0.2, 0) is 19.1 Å². The average Bonchev–Trinajstić information content (AvgIpc) is 3.08. The molecule has 2 amide bonds. The highest BCUT2D eigenvalue weighted by atomic mass is 16.5. The predicted molar refractivity (Wildman–Crippen MR) is 95.2 cm³/mol. The maximum absolute atomic E-state index is 12.9. The molecule has 3 rings (SSSR count). The van der Waals surface area contributed by atoms with Gasteiger partial charge >= 0.3 is 5.97 Å². The topological polar surface area (TPSA) is 83.5 Å². The van der Waals surface area contributed by atoms with E-state index < -0.39 is 23.3 Å². The Balaban J connectivity index is 2.05. The van der Waals surface area contributed by atoms with Gasteiger partial charge in [-0.15, -0.1) is 0 Å². The van der Waals surface area contributed by atoms with E-state index in [0.717, 1.165) is 11.3 Å². The number of rotatable bonds is 4. The average molecular weight is 360 g/mol. The summed E-state index contributed by atoms with van der Waals surface area (Å²) in [6, 6.07) is 7.58. The van der Waals surface area contributed by atoms with E-state index in [-0.39, 0.29) is 17.9 Å². The van der Waals surface area contributed by atoms with Gasteiger partial charge in [0.2, 0.25) is 17.4 Å². The van der Waals surface area contributed by atoms with Crippen molar-refractivity contribution in [2.45, 2.75) is 25.4 Å². The van der Waals surface area contributed by atoms with E-state index in [1.807, 2.05) is 48.6 Å². The minimum absolute atomic E-state index is 0.201. The largest absolute Gasteiger partial charge is 0.464 e. The van der Waals surface area contributed by atoms with Crippen LogP contribution in [-0.4, -0.2) is 56.0 Å². The van der Waals surface area contributed by atoms with Gasteiger partial charge in [0.05, 0.1) is 7.11 Å². The standard InChI is InChI=1S/C19H25N3O4/c1-6-22-16(23)13-14(17(22)24)19(2,18(25)26-5)20-15(13)11-7-9-12(10-8-11)21(3)4/h7-10,13-15,20H,6H2,1-5H3/p+1/t13-,14+,15+,19-/m1/s1. The molecule has 2 N–H and O–H groups in total. The highest BCUT2D eigenvalue weighted by molar-refractivity contribution is 6.08. The molecule has 7 nitrogen and oxygen atoms in total. The first-order chi connectivity index (χ1) is 12.3. The van der Waals surface area contributed by atoms with Gasteiger partial charge in [0, 0.05) is 38.8 Å². The minimum Gasteiger partial charge on any atom is -0.464 e. The van der Waals surface area contributed by atoms with Gasteiger partial charge in [-0.2, -0.15) is 0 Å². The number of nitrogens with two attached hydrogens (primary N) is 1. The Hall–Kier alpha value is -2.41. The second kappa shape index (κ2) is 6.39. The van der Waals surface area contributed by atoms with E-state index in [9.17, 15) is 14.4 Å². The Bertz CT molecular complexity index is 746. The highest BCUT2D eigenvalue weighted by Gasteiger charge is 2.70. The zero-order valence-electron chi connectivity index (χ0n) is 15.9. The predicted octanol–water partition coefficient (Wildman–Crippen LogP) is -0.0765. The van der Waals surface area contributed by atoms with Crippen LogP contribution in [0.5, 0.6) is 0 Å². The van der Waals surface area contributed by atoms with E-state index in [4.69, 9.17) is 4.74 Å². The lowest BCUT2D eigenvalue weighted by Crippen LogP contribution is -2.97. The fourth-order valence-electron chi connectivity index (χ4n) is 4.35. The Kier molecular flexibility index (Phi) is 4.52. The first-order valence-electron chi connectivity index (χ1n) is 8.83. The van der Waals surface area contributed by atoms with Gasteiger partial charge in [-0.05, 0) is 19.1 Å². The van der Waals surface area contributed by atoms with E-state index >= 15 is 0 Å². The van der Waals surface area contributed by atoms with E-state index in [1.165, 1.54) is 12.0 Å². The number of quaternary nitrogens is 1. The number of hydrogen-bond acceptors (Lipinski definition) is 5. The highest BCUT2D eigenvalue weighted by Crippen LogP contribution is 2.44. The molecule has 0 saturated carbocycles. The van der Waals surface area contributed by atoms with Crippen LogP contribution in [0.25, 0.3) is 0 Å². The number of hydrogen-bond donors (Lipinski definition) is 1. The second-order valence-corrected chi connectivity index (χ2v) is 7.38. The van der Waals surface area contributed by atoms with E-state index in [0.29, 0.717) is 6.54 Å². The van der Waals surface area contributed by atoms with Crippen molar-refractivity contribution in [1.82, 2.24) is 4.90 Å². The summed E-state index contributed by atoms with van der Waals surface area (Å²) in [5.74, 6) is -2.22. The molecule has 0 spiro atoms. The number of methoxy groups -OCH3 is 1. The molecule has 2 fully saturated rings. The third kappa shape index (κ3) is 2.49. The summed E-state index contributed by atoms with van der Waals surface area (Å²) >= 11 is 0. The Morgan fingerprint density at radius 2 is 1.85 bits per heavy atom. The van der Waals surface area contributed by atoms with Crippen molar-refractivity contribution in [2.24, 2.45) is 11.8 Å². The molecule has 0 radical (unpaired) electrons. The maximum Gasteiger partial charge on any atom is 0.368 e. The molecule has 7 heteroatoms. The summed E-state index contributed by atoms with van der Waals surface area (Å²) in [5, 5.41) is 1.83. The molecule has 2 aliphatic rings. The first kappa shape index (κ1) is 18.4. The van der Waals surface area contributed by atoms with Gasteiger partial charge in [-0.1, -0.05) is 12.1 Å². The number of nitrogens with zero attached hydrogens (tertiary/aromatic N) is 2. The number of fused-ring (bicyclic) bond motifs is 1. The molecular weight excluding hydrogens is 334 g/mol. The normalized spacial score (nSPS) is 30.5. The molecule has 140 valence electrons. The molecule has 2 aliphatic heterocycles. The number of amides is 2. The van der Waals surface area contributed by atoms with Gasteiger partial charge in [0.15, 0.2) is 0 Å². The summed E-state index contributed by atoms with van der Waals surface area (Å²) in [5.41, 5.74) is 0.862. The molecule has 1 aromatic rings. The van der Waals surface area contributed by atoms with Gasteiger partial charge < -0.3 is 15.0 Å². The number of esters is 1. The fraction of sp³-hybridized carbons (Fsp3) is 0.526. The van der Waals surface area contributed by atoms with Crippen molar-refractivity contribution in [1.29, 1.82) is 0 Å². The lowest BCUT2D eigenvalue weighted by molar-refractivity contribution is -0.731. The smallest absolute Gasteiger partial charge is 0.368 e. The van der Waals surface area contributed by atoms with Crippen LogP contribution < -0.4 is 10.2 Å². The second-order valence-electron chi connectivity index (χ2n) is 7.38. The number of anilines is 1. The van der Waals surface area contributed by atoms with Crippen molar-refractivity contribution >= 4 is 23.5 Å². The molecule has 26 heavy (non-hydrogen) atoms. The summed E-state index contributed by atoms with van der Waals surface area (Å²) in [7, 11) is 5.23. The zero-order chi connectivity index (χ0) is 19.2. The van der Waals surface area contributed by atoms with Crippen LogP contribution in [0.1, 0.15) is 25.5 Å². The van der Waals surface area contributed by atoms with Crippen LogP contribution in [0.15, 0.2) is 24.3 Å². The fourth-order valence-corrected chi connectivity index (χ4v) is 4.35. The van der Waals surface area contributed by atoms with Crippen LogP contribution in [0, 0.1) is 11.8 Å². The van der Waals surface area contributed by atoms with Crippen LogP contribution in [0.4, 0.5) is 5.69 Å². The number of benzene rings is 1. The molecule has 2 saturated heterocycles. The van der Waals surface area contributed by atoms with E-state index in [1.54, 1.807) is 13.8 Å². The van der Waals surface area contributed by atoms with Gasteiger partial charge in [0.1, 0.15) is 17.9 Å². The summed E-state index contributed by atoms with van der Waals surface area (Å²) < 4.78 is 4.97. The monoisotopic (exact) mass is 360 g/mol. The molecule has 2 heterocycles. The van der Waals surface area contributed by atoms with Crippen molar-refractivity contribution < 1.29 is 24.4 Å². The number of likely N-dealkylation sites (tertiary alicyclic amines) is 1. The Labute approximate surface area is 153 Å². The lowest BCUT2D eigenvalue weighted by atomic mass is 9.80. The zero-order valence-corrected chi connectivity index (χ0v) is 15.9. The molecule has 4 atom stereocenters. The van der Waals surface area contributed by atoms with Gasteiger partial charge in [-0.3, -0.25) is 14.5 Å². The SMILES string of the molecule is CCN1C(=O)[C@@H]2[C@@H](C1=O)[C@](C)(C(=O)OC)[NH2+][C@H]2c1ccc(N(C)C)cc1. The molecular formula is C19H26N3O4+. The van der Waals surface area contributed by atoms with Crippen molar-refractivity contribution in [3.63, 3.8) is 0 Å². The summed E-state index contributed by atoms with van der Waals surface area (Å²) in [6.07, 6.45) is 0. The Morgan fingerprint density at radius 3 is 2.35 bits per heavy atom. The van der Waals surface area contributed by atoms with Crippen molar-refractivity contribution in [2.75, 3.05) is 32.6 Å². The number of ether oxygens (including phenoxy) is 1. The van der Waals surface area contributed by atoms with Gasteiger partial charge in [0.25, 0.3) is 0 Å².